The highest BCUT2D eigenvalue weighted by Gasteiger charge is 2.14. The number of rotatable bonds is 8. The van der Waals surface area contributed by atoms with Crippen molar-refractivity contribution in [2.24, 2.45) is 17.4 Å². The minimum Gasteiger partial charge on any atom is -0.493 e. The average Bonchev–Trinajstić information content (AvgIpc) is 2.41. The summed E-state index contributed by atoms with van der Waals surface area (Å²) in [4.78, 5) is 0. The maximum Gasteiger partial charge on any atom is 0.141 e. The van der Waals surface area contributed by atoms with E-state index in [-0.39, 0.29) is 5.92 Å². The number of nitrogens with two attached hydrogens (primary N) is 2. The van der Waals surface area contributed by atoms with Crippen molar-refractivity contribution in [3.8, 4) is 11.5 Å². The monoisotopic (exact) mass is 286 g/mol. The van der Waals surface area contributed by atoms with Gasteiger partial charge in [0.05, 0.1) is 18.2 Å². The van der Waals surface area contributed by atoms with Crippen molar-refractivity contribution >= 4 is 11.6 Å². The number of benzene rings is 1. The molecule has 1 aromatic carbocycles. The first-order chi connectivity index (χ1) is 9.15. The molecule has 0 spiro atoms. The smallest absolute Gasteiger partial charge is 0.141 e. The van der Waals surface area contributed by atoms with Gasteiger partial charge >= 0.3 is 0 Å². The number of hydrogen-bond donors (Lipinski definition) is 2. The van der Waals surface area contributed by atoms with Crippen molar-refractivity contribution in [1.82, 2.24) is 0 Å². The summed E-state index contributed by atoms with van der Waals surface area (Å²) >= 11 is 6.21. The van der Waals surface area contributed by atoms with Gasteiger partial charge in [0.2, 0.25) is 0 Å². The maximum atomic E-state index is 6.21. The molecule has 0 atom stereocenters. The molecule has 0 aliphatic carbocycles. The van der Waals surface area contributed by atoms with Gasteiger partial charge in [-0.15, -0.1) is 0 Å². The van der Waals surface area contributed by atoms with E-state index in [0.717, 1.165) is 17.7 Å². The molecule has 1 rings (SSSR count). The van der Waals surface area contributed by atoms with Gasteiger partial charge in [-0.2, -0.15) is 0 Å². The van der Waals surface area contributed by atoms with Crippen LogP contribution in [0, 0.1) is 5.92 Å². The molecule has 0 fully saturated rings. The van der Waals surface area contributed by atoms with E-state index in [1.54, 1.807) is 0 Å². The van der Waals surface area contributed by atoms with E-state index >= 15 is 0 Å². The molecule has 0 amide bonds. The third-order valence-electron chi connectivity index (χ3n) is 2.89. The predicted octanol–water partition coefficient (Wildman–Crippen LogP) is 2.21. The van der Waals surface area contributed by atoms with E-state index < -0.39 is 0 Å². The van der Waals surface area contributed by atoms with Crippen molar-refractivity contribution in [2.75, 3.05) is 26.3 Å². The van der Waals surface area contributed by atoms with Crippen LogP contribution >= 0.6 is 11.6 Å². The third-order valence-corrected chi connectivity index (χ3v) is 3.19. The molecule has 5 heteroatoms. The van der Waals surface area contributed by atoms with Gasteiger partial charge in [-0.05, 0) is 50.9 Å². The van der Waals surface area contributed by atoms with Crippen molar-refractivity contribution in [1.29, 1.82) is 0 Å². The Hall–Kier alpha value is -0.970. The van der Waals surface area contributed by atoms with Crippen LogP contribution in [0.5, 0.6) is 11.5 Å². The molecule has 108 valence electrons. The van der Waals surface area contributed by atoms with Crippen LogP contribution in [0.2, 0.25) is 5.02 Å². The number of halogens is 1. The van der Waals surface area contributed by atoms with Crippen molar-refractivity contribution < 1.29 is 9.47 Å². The van der Waals surface area contributed by atoms with Crippen molar-refractivity contribution in [2.45, 2.75) is 20.3 Å². The van der Waals surface area contributed by atoms with E-state index in [9.17, 15) is 0 Å². The summed E-state index contributed by atoms with van der Waals surface area (Å²) in [5, 5.41) is 0.591. The van der Waals surface area contributed by atoms with E-state index in [4.69, 9.17) is 32.5 Å². The highest BCUT2D eigenvalue weighted by atomic mass is 35.5. The lowest BCUT2D eigenvalue weighted by Gasteiger charge is -2.17. The minimum absolute atomic E-state index is 0.230. The first-order valence-electron chi connectivity index (χ1n) is 6.64. The third kappa shape index (κ3) is 4.56. The standard InChI is InChI=1S/C14H23ClN2O2/c1-3-18-13-7-14(19-4-2)12(15)6-11(13)5-10(8-16)9-17/h6-7,10H,3-5,8-9,16-17H2,1-2H3. The average molecular weight is 287 g/mol. The Balaban J connectivity index is 3.03. The van der Waals surface area contributed by atoms with Gasteiger partial charge in [-0.25, -0.2) is 0 Å². The summed E-state index contributed by atoms with van der Waals surface area (Å²) in [6.07, 6.45) is 0.758. The Morgan fingerprint density at radius 1 is 1.05 bits per heavy atom. The van der Waals surface area contributed by atoms with E-state index in [0.29, 0.717) is 37.1 Å². The molecule has 0 unspecified atom stereocenters. The molecule has 0 radical (unpaired) electrons. The second kappa shape index (κ2) is 8.25. The molecule has 0 aromatic heterocycles. The molecule has 0 saturated heterocycles. The zero-order valence-electron chi connectivity index (χ0n) is 11.6. The van der Waals surface area contributed by atoms with E-state index in [2.05, 4.69) is 0 Å². The van der Waals surface area contributed by atoms with Gasteiger partial charge in [0.1, 0.15) is 11.5 Å². The van der Waals surface area contributed by atoms with Crippen LogP contribution in [0.3, 0.4) is 0 Å². The quantitative estimate of drug-likeness (QED) is 0.769. The largest absolute Gasteiger partial charge is 0.493 e. The second-order valence-corrected chi connectivity index (χ2v) is 4.71. The van der Waals surface area contributed by atoms with Gasteiger partial charge in [0, 0.05) is 6.07 Å². The number of hydrogen-bond acceptors (Lipinski definition) is 4. The number of ether oxygens (including phenoxy) is 2. The van der Waals surface area contributed by atoms with Crippen LogP contribution in [0.15, 0.2) is 12.1 Å². The van der Waals surface area contributed by atoms with Gasteiger partial charge in [0.25, 0.3) is 0 Å². The van der Waals surface area contributed by atoms with Crippen LogP contribution < -0.4 is 20.9 Å². The summed E-state index contributed by atoms with van der Waals surface area (Å²) < 4.78 is 11.1. The van der Waals surface area contributed by atoms with Crippen molar-refractivity contribution in [3.63, 3.8) is 0 Å². The summed E-state index contributed by atoms with van der Waals surface area (Å²) in [6, 6.07) is 3.73. The summed E-state index contributed by atoms with van der Waals surface area (Å²) in [5.74, 6) is 1.67. The molecule has 0 saturated carbocycles. The molecule has 4 N–H and O–H groups in total. The predicted molar refractivity (Wildman–Crippen MR) is 79.1 cm³/mol. The summed E-state index contributed by atoms with van der Waals surface area (Å²) in [6.45, 7) is 6.13. The van der Waals surface area contributed by atoms with Crippen LogP contribution in [0.1, 0.15) is 19.4 Å². The molecular weight excluding hydrogens is 264 g/mol. The first-order valence-corrected chi connectivity index (χ1v) is 7.02. The lowest BCUT2D eigenvalue weighted by Crippen LogP contribution is -2.25. The summed E-state index contributed by atoms with van der Waals surface area (Å²) in [7, 11) is 0. The van der Waals surface area contributed by atoms with E-state index in [1.807, 2.05) is 26.0 Å². The molecule has 0 heterocycles. The SMILES string of the molecule is CCOc1cc(OCC)c(CC(CN)CN)cc1Cl. The Bertz CT molecular complexity index is 395. The molecular formula is C14H23ClN2O2. The van der Waals surface area contributed by atoms with Gasteiger partial charge in [0.15, 0.2) is 0 Å². The van der Waals surface area contributed by atoms with Gasteiger partial charge in [-0.3, -0.25) is 0 Å². The molecule has 19 heavy (non-hydrogen) atoms. The minimum atomic E-state index is 0.230. The highest BCUT2D eigenvalue weighted by molar-refractivity contribution is 6.32. The lowest BCUT2D eigenvalue weighted by molar-refractivity contribution is 0.319. The highest BCUT2D eigenvalue weighted by Crippen LogP contribution is 2.34. The molecule has 0 bridgehead atoms. The van der Waals surface area contributed by atoms with Crippen molar-refractivity contribution in [3.05, 3.63) is 22.7 Å². The topological polar surface area (TPSA) is 70.5 Å². The van der Waals surface area contributed by atoms with Crippen LogP contribution in [-0.2, 0) is 6.42 Å². The molecule has 0 aliphatic heterocycles. The Kier molecular flexibility index (Phi) is 6.99. The van der Waals surface area contributed by atoms with Crippen LogP contribution in [0.4, 0.5) is 0 Å². The van der Waals surface area contributed by atoms with Gasteiger partial charge < -0.3 is 20.9 Å². The normalized spacial score (nSPS) is 10.8. The maximum absolute atomic E-state index is 6.21. The van der Waals surface area contributed by atoms with Crippen LogP contribution in [-0.4, -0.2) is 26.3 Å². The van der Waals surface area contributed by atoms with Crippen LogP contribution in [0.25, 0.3) is 0 Å². The Labute approximate surface area is 120 Å². The molecule has 0 aliphatic rings. The van der Waals surface area contributed by atoms with E-state index in [1.165, 1.54) is 0 Å². The Morgan fingerprint density at radius 3 is 2.16 bits per heavy atom. The fourth-order valence-corrected chi connectivity index (χ4v) is 2.11. The first kappa shape index (κ1) is 16.1. The summed E-state index contributed by atoms with van der Waals surface area (Å²) in [5.41, 5.74) is 12.4. The lowest BCUT2D eigenvalue weighted by atomic mass is 9.98. The molecule has 1 aromatic rings. The Morgan fingerprint density at radius 2 is 1.63 bits per heavy atom. The fourth-order valence-electron chi connectivity index (χ4n) is 1.87. The zero-order chi connectivity index (χ0) is 14.3. The second-order valence-electron chi connectivity index (χ2n) is 4.30. The zero-order valence-corrected chi connectivity index (χ0v) is 12.4. The van der Waals surface area contributed by atoms with Gasteiger partial charge in [-0.1, -0.05) is 11.6 Å². The fraction of sp³-hybridized carbons (Fsp3) is 0.571. The molecule has 4 nitrogen and oxygen atoms in total.